The van der Waals surface area contributed by atoms with Gasteiger partial charge in [0.1, 0.15) is 0 Å². The number of hydrogen-bond acceptors (Lipinski definition) is 2. The largest absolute Gasteiger partial charge is 0.335 e. The molecule has 0 unspecified atom stereocenters. The predicted molar refractivity (Wildman–Crippen MR) is 54.9 cm³/mol. The third-order valence-electron chi connectivity index (χ3n) is 3.45. The maximum Gasteiger partial charge on any atom is 0.317 e. The molecular weight excluding hydrogens is 178 g/mol. The molecule has 0 atom stereocenters. The molecule has 80 valence electrons. The molecule has 0 bridgehead atoms. The number of amides is 2. The van der Waals surface area contributed by atoms with Crippen LogP contribution in [0, 0.1) is 0 Å². The minimum Gasteiger partial charge on any atom is -0.335 e. The van der Waals surface area contributed by atoms with E-state index in [1.54, 1.807) is 0 Å². The van der Waals surface area contributed by atoms with E-state index in [9.17, 15) is 4.79 Å². The highest BCUT2D eigenvalue weighted by Gasteiger charge is 2.32. The molecule has 4 heteroatoms. The van der Waals surface area contributed by atoms with Crippen LogP contribution in [0.4, 0.5) is 4.79 Å². The molecule has 3 N–H and O–H groups in total. The van der Waals surface area contributed by atoms with E-state index in [0.717, 1.165) is 25.7 Å². The highest BCUT2D eigenvalue weighted by Crippen LogP contribution is 2.24. The fraction of sp³-hybridized carbons (Fsp3) is 0.900. The Morgan fingerprint density at radius 2 is 2.07 bits per heavy atom. The number of carbonyl (C=O) groups excluding carboxylic acids is 1. The van der Waals surface area contributed by atoms with E-state index < -0.39 is 0 Å². The summed E-state index contributed by atoms with van der Waals surface area (Å²) in [7, 11) is 1.87. The summed E-state index contributed by atoms with van der Waals surface area (Å²) in [4.78, 5) is 13.5. The Labute approximate surface area is 84.8 Å². The normalized spacial score (nSPS) is 31.6. The molecule has 0 saturated heterocycles. The molecule has 2 fully saturated rings. The summed E-state index contributed by atoms with van der Waals surface area (Å²) in [6.45, 7) is 0. The molecule has 0 aromatic carbocycles. The number of urea groups is 1. The topological polar surface area (TPSA) is 58.4 Å². The molecule has 2 aliphatic carbocycles. The van der Waals surface area contributed by atoms with Gasteiger partial charge in [-0.15, -0.1) is 0 Å². The van der Waals surface area contributed by atoms with Crippen LogP contribution in [0.25, 0.3) is 0 Å². The van der Waals surface area contributed by atoms with Crippen LogP contribution < -0.4 is 11.1 Å². The van der Waals surface area contributed by atoms with E-state index in [0.29, 0.717) is 18.1 Å². The van der Waals surface area contributed by atoms with Crippen LogP contribution >= 0.6 is 0 Å². The predicted octanol–water partition coefficient (Wildman–Crippen LogP) is 0.670. The number of rotatable bonds is 2. The molecule has 4 nitrogen and oxygen atoms in total. The molecule has 0 aromatic rings. The van der Waals surface area contributed by atoms with Crippen LogP contribution in [0.3, 0.4) is 0 Å². The van der Waals surface area contributed by atoms with Crippen molar-refractivity contribution in [3.63, 3.8) is 0 Å². The summed E-state index contributed by atoms with van der Waals surface area (Å²) in [5.74, 6) is 0. The van der Waals surface area contributed by atoms with Crippen LogP contribution in [-0.4, -0.2) is 36.1 Å². The van der Waals surface area contributed by atoms with Crippen LogP contribution in [-0.2, 0) is 0 Å². The second-order valence-corrected chi connectivity index (χ2v) is 4.57. The van der Waals surface area contributed by atoms with E-state index in [4.69, 9.17) is 5.73 Å². The zero-order valence-electron chi connectivity index (χ0n) is 8.70. The van der Waals surface area contributed by atoms with Gasteiger partial charge in [0.15, 0.2) is 0 Å². The Morgan fingerprint density at radius 1 is 1.43 bits per heavy atom. The van der Waals surface area contributed by atoms with Gasteiger partial charge in [-0.25, -0.2) is 4.79 Å². The Morgan fingerprint density at radius 3 is 2.50 bits per heavy atom. The molecule has 0 heterocycles. The Hall–Kier alpha value is -0.770. The van der Waals surface area contributed by atoms with E-state index in [2.05, 4.69) is 5.32 Å². The first-order valence-electron chi connectivity index (χ1n) is 5.45. The molecule has 2 rings (SSSR count). The van der Waals surface area contributed by atoms with Gasteiger partial charge in [0.2, 0.25) is 0 Å². The van der Waals surface area contributed by atoms with Crippen molar-refractivity contribution in [2.45, 2.75) is 50.2 Å². The maximum absolute atomic E-state index is 11.7. The van der Waals surface area contributed by atoms with Gasteiger partial charge in [0.25, 0.3) is 0 Å². The minimum atomic E-state index is 0.0756. The molecular formula is C10H19N3O. The van der Waals surface area contributed by atoms with Gasteiger partial charge >= 0.3 is 6.03 Å². The summed E-state index contributed by atoms with van der Waals surface area (Å²) >= 11 is 0. The summed E-state index contributed by atoms with van der Waals surface area (Å²) in [5.41, 5.74) is 5.69. The summed E-state index contributed by atoms with van der Waals surface area (Å²) in [6.07, 6.45) is 5.44. The minimum absolute atomic E-state index is 0.0756. The van der Waals surface area contributed by atoms with E-state index in [-0.39, 0.29) is 6.03 Å². The Balaban J connectivity index is 1.73. The quantitative estimate of drug-likeness (QED) is 0.683. The lowest BCUT2D eigenvalue weighted by Gasteiger charge is -2.40. The number of hydrogen-bond donors (Lipinski definition) is 2. The first-order chi connectivity index (χ1) is 6.66. The number of nitrogens with two attached hydrogens (primary N) is 1. The second-order valence-electron chi connectivity index (χ2n) is 4.57. The number of nitrogens with zero attached hydrogens (tertiary/aromatic N) is 1. The summed E-state index contributed by atoms with van der Waals surface area (Å²) < 4.78 is 0. The van der Waals surface area contributed by atoms with Crippen LogP contribution in [0.15, 0.2) is 0 Å². The van der Waals surface area contributed by atoms with Crippen molar-refractivity contribution in [1.82, 2.24) is 10.2 Å². The molecule has 0 radical (unpaired) electrons. The van der Waals surface area contributed by atoms with Crippen LogP contribution in [0.2, 0.25) is 0 Å². The van der Waals surface area contributed by atoms with Gasteiger partial charge in [-0.3, -0.25) is 0 Å². The third kappa shape index (κ3) is 1.85. The standard InChI is InChI=1S/C10H19N3O/c1-13(9-5-7(11)6-9)10(14)12-8-3-2-4-8/h7-9H,2-6,11H2,1H3,(H,12,14). The second kappa shape index (κ2) is 3.77. The molecule has 2 saturated carbocycles. The van der Waals surface area contributed by atoms with E-state index in [1.807, 2.05) is 11.9 Å². The van der Waals surface area contributed by atoms with Crippen molar-refractivity contribution in [3.05, 3.63) is 0 Å². The molecule has 2 aliphatic rings. The van der Waals surface area contributed by atoms with Gasteiger partial charge in [-0.1, -0.05) is 0 Å². The van der Waals surface area contributed by atoms with Crippen molar-refractivity contribution < 1.29 is 4.79 Å². The fourth-order valence-corrected chi connectivity index (χ4v) is 1.94. The van der Waals surface area contributed by atoms with Gasteiger partial charge in [-0.05, 0) is 32.1 Å². The van der Waals surface area contributed by atoms with E-state index >= 15 is 0 Å². The SMILES string of the molecule is CN(C(=O)NC1CCC1)C1CC(N)C1. The first-order valence-corrected chi connectivity index (χ1v) is 5.45. The zero-order valence-corrected chi connectivity index (χ0v) is 8.70. The third-order valence-corrected chi connectivity index (χ3v) is 3.45. The van der Waals surface area contributed by atoms with Gasteiger partial charge in [-0.2, -0.15) is 0 Å². The fourth-order valence-electron chi connectivity index (χ4n) is 1.94. The zero-order chi connectivity index (χ0) is 10.1. The Kier molecular flexibility index (Phi) is 2.63. The average Bonchev–Trinajstić information content (AvgIpc) is 2.04. The first kappa shape index (κ1) is 9.77. The number of nitrogens with one attached hydrogen (secondary N) is 1. The van der Waals surface area contributed by atoms with Crippen molar-refractivity contribution in [1.29, 1.82) is 0 Å². The Bertz CT molecular complexity index is 221. The molecule has 14 heavy (non-hydrogen) atoms. The van der Waals surface area contributed by atoms with Crippen molar-refractivity contribution in [3.8, 4) is 0 Å². The highest BCUT2D eigenvalue weighted by molar-refractivity contribution is 5.74. The molecule has 0 aliphatic heterocycles. The maximum atomic E-state index is 11.7. The van der Waals surface area contributed by atoms with E-state index in [1.165, 1.54) is 6.42 Å². The molecule has 2 amide bonds. The highest BCUT2D eigenvalue weighted by atomic mass is 16.2. The van der Waals surface area contributed by atoms with Crippen molar-refractivity contribution in [2.75, 3.05) is 7.05 Å². The molecule has 0 spiro atoms. The van der Waals surface area contributed by atoms with Gasteiger partial charge in [0.05, 0.1) is 0 Å². The van der Waals surface area contributed by atoms with Crippen molar-refractivity contribution >= 4 is 6.03 Å². The summed E-state index contributed by atoms with van der Waals surface area (Å²) in [6, 6.07) is 1.18. The van der Waals surface area contributed by atoms with Crippen LogP contribution in [0.5, 0.6) is 0 Å². The average molecular weight is 197 g/mol. The number of carbonyl (C=O) groups is 1. The van der Waals surface area contributed by atoms with Crippen molar-refractivity contribution in [2.24, 2.45) is 5.73 Å². The smallest absolute Gasteiger partial charge is 0.317 e. The summed E-state index contributed by atoms with van der Waals surface area (Å²) in [5, 5.41) is 3.03. The van der Waals surface area contributed by atoms with Gasteiger partial charge < -0.3 is 16.0 Å². The van der Waals surface area contributed by atoms with Crippen LogP contribution in [0.1, 0.15) is 32.1 Å². The lowest BCUT2D eigenvalue weighted by Crippen LogP contribution is -2.55. The monoisotopic (exact) mass is 197 g/mol. The lowest BCUT2D eigenvalue weighted by atomic mass is 9.86. The molecule has 0 aromatic heterocycles. The van der Waals surface area contributed by atoms with Gasteiger partial charge in [0, 0.05) is 25.2 Å². The lowest BCUT2D eigenvalue weighted by molar-refractivity contribution is 0.138.